The highest BCUT2D eigenvalue weighted by atomic mass is 16.5. The molecule has 1 N–H and O–H groups in total. The SMILES string of the molecule is COc1cccc(C2CC(O)c3cc(C)ccc3O2)c1. The summed E-state index contributed by atoms with van der Waals surface area (Å²) in [5.41, 5.74) is 3.03. The molecule has 0 fully saturated rings. The van der Waals surface area contributed by atoms with Crippen LogP contribution in [0.2, 0.25) is 0 Å². The van der Waals surface area contributed by atoms with Crippen LogP contribution in [0, 0.1) is 6.92 Å². The summed E-state index contributed by atoms with van der Waals surface area (Å²) in [6.45, 7) is 2.02. The normalized spacial score (nSPS) is 20.9. The highest BCUT2D eigenvalue weighted by molar-refractivity contribution is 5.41. The molecule has 0 radical (unpaired) electrons. The summed E-state index contributed by atoms with van der Waals surface area (Å²) in [6, 6.07) is 13.7. The van der Waals surface area contributed by atoms with Crippen LogP contribution in [0.1, 0.15) is 35.3 Å². The predicted octanol–water partition coefficient (Wildman–Crippen LogP) is 3.56. The molecule has 0 amide bonds. The summed E-state index contributed by atoms with van der Waals surface area (Å²) >= 11 is 0. The number of methoxy groups -OCH3 is 1. The first-order chi connectivity index (χ1) is 9.67. The van der Waals surface area contributed by atoms with Gasteiger partial charge in [-0.15, -0.1) is 0 Å². The maximum Gasteiger partial charge on any atom is 0.127 e. The van der Waals surface area contributed by atoms with E-state index >= 15 is 0 Å². The van der Waals surface area contributed by atoms with Crippen LogP contribution >= 0.6 is 0 Å². The van der Waals surface area contributed by atoms with Gasteiger partial charge in [0.05, 0.1) is 13.2 Å². The van der Waals surface area contributed by atoms with Crippen molar-refractivity contribution in [2.75, 3.05) is 7.11 Å². The van der Waals surface area contributed by atoms with Gasteiger partial charge in [-0.2, -0.15) is 0 Å². The lowest BCUT2D eigenvalue weighted by Crippen LogP contribution is -2.19. The van der Waals surface area contributed by atoms with Gasteiger partial charge in [0.1, 0.15) is 17.6 Å². The molecule has 0 saturated carbocycles. The third kappa shape index (κ3) is 2.37. The monoisotopic (exact) mass is 270 g/mol. The van der Waals surface area contributed by atoms with Crippen molar-refractivity contribution < 1.29 is 14.6 Å². The first-order valence-electron chi connectivity index (χ1n) is 6.76. The highest BCUT2D eigenvalue weighted by Gasteiger charge is 2.28. The standard InChI is InChI=1S/C17H18O3/c1-11-6-7-16-14(8-11)15(18)10-17(20-16)12-4-3-5-13(9-12)19-2/h3-9,15,17-18H,10H2,1-2H3. The lowest BCUT2D eigenvalue weighted by molar-refractivity contribution is 0.0656. The topological polar surface area (TPSA) is 38.7 Å². The molecule has 3 heteroatoms. The quantitative estimate of drug-likeness (QED) is 0.906. The number of hydrogen-bond acceptors (Lipinski definition) is 3. The zero-order valence-electron chi connectivity index (χ0n) is 11.7. The van der Waals surface area contributed by atoms with Crippen molar-refractivity contribution in [3.8, 4) is 11.5 Å². The van der Waals surface area contributed by atoms with Crippen molar-refractivity contribution in [3.63, 3.8) is 0 Å². The lowest BCUT2D eigenvalue weighted by Gasteiger charge is -2.30. The fourth-order valence-corrected chi connectivity index (χ4v) is 2.61. The Morgan fingerprint density at radius 3 is 2.85 bits per heavy atom. The van der Waals surface area contributed by atoms with Crippen molar-refractivity contribution in [1.29, 1.82) is 0 Å². The Morgan fingerprint density at radius 2 is 2.05 bits per heavy atom. The smallest absolute Gasteiger partial charge is 0.127 e. The molecule has 0 bridgehead atoms. The number of aliphatic hydroxyl groups is 1. The third-order valence-electron chi connectivity index (χ3n) is 3.70. The molecule has 2 unspecified atom stereocenters. The number of ether oxygens (including phenoxy) is 2. The fraction of sp³-hybridized carbons (Fsp3) is 0.294. The van der Waals surface area contributed by atoms with E-state index in [0.717, 1.165) is 28.2 Å². The molecule has 0 saturated heterocycles. The summed E-state index contributed by atoms with van der Waals surface area (Å²) in [5, 5.41) is 10.3. The number of fused-ring (bicyclic) bond motifs is 1. The van der Waals surface area contributed by atoms with Crippen LogP contribution < -0.4 is 9.47 Å². The molecule has 0 aromatic heterocycles. The van der Waals surface area contributed by atoms with Crippen LogP contribution in [0.4, 0.5) is 0 Å². The Morgan fingerprint density at radius 1 is 1.20 bits per heavy atom. The van der Waals surface area contributed by atoms with E-state index in [9.17, 15) is 5.11 Å². The van der Waals surface area contributed by atoms with E-state index in [-0.39, 0.29) is 6.10 Å². The minimum atomic E-state index is -0.491. The number of hydrogen-bond donors (Lipinski definition) is 1. The van der Waals surface area contributed by atoms with E-state index in [0.29, 0.717) is 6.42 Å². The third-order valence-corrected chi connectivity index (χ3v) is 3.70. The Labute approximate surface area is 118 Å². The van der Waals surface area contributed by atoms with Gasteiger partial charge in [-0.3, -0.25) is 0 Å². The zero-order valence-corrected chi connectivity index (χ0v) is 11.7. The lowest BCUT2D eigenvalue weighted by atomic mass is 9.94. The molecule has 20 heavy (non-hydrogen) atoms. The zero-order chi connectivity index (χ0) is 14.1. The van der Waals surface area contributed by atoms with Crippen LogP contribution in [0.3, 0.4) is 0 Å². The highest BCUT2D eigenvalue weighted by Crippen LogP contribution is 2.41. The summed E-state index contributed by atoms with van der Waals surface area (Å²) in [7, 11) is 1.65. The first kappa shape index (κ1) is 13.0. The average Bonchev–Trinajstić information content (AvgIpc) is 2.48. The summed E-state index contributed by atoms with van der Waals surface area (Å²) in [6.07, 6.45) is -0.0750. The molecule has 0 aliphatic carbocycles. The van der Waals surface area contributed by atoms with E-state index in [1.54, 1.807) is 7.11 Å². The van der Waals surface area contributed by atoms with E-state index in [1.807, 2.05) is 49.4 Å². The van der Waals surface area contributed by atoms with E-state index < -0.39 is 6.10 Å². The summed E-state index contributed by atoms with van der Waals surface area (Å²) in [4.78, 5) is 0. The molecule has 3 nitrogen and oxygen atoms in total. The summed E-state index contributed by atoms with van der Waals surface area (Å²) in [5.74, 6) is 1.57. The molecule has 2 aromatic carbocycles. The van der Waals surface area contributed by atoms with Crippen LogP contribution in [-0.4, -0.2) is 12.2 Å². The molecule has 0 spiro atoms. The maximum absolute atomic E-state index is 10.3. The van der Waals surface area contributed by atoms with Crippen LogP contribution in [0.5, 0.6) is 11.5 Å². The van der Waals surface area contributed by atoms with Gasteiger partial charge < -0.3 is 14.6 Å². The fourth-order valence-electron chi connectivity index (χ4n) is 2.61. The van der Waals surface area contributed by atoms with Gasteiger partial charge in [-0.05, 0) is 36.8 Å². The predicted molar refractivity (Wildman–Crippen MR) is 77.1 cm³/mol. The number of benzene rings is 2. The molecular weight excluding hydrogens is 252 g/mol. The minimum Gasteiger partial charge on any atom is -0.497 e. The van der Waals surface area contributed by atoms with Gasteiger partial charge >= 0.3 is 0 Å². The Hall–Kier alpha value is -2.00. The average molecular weight is 270 g/mol. The molecule has 2 atom stereocenters. The van der Waals surface area contributed by atoms with E-state index in [2.05, 4.69) is 0 Å². The largest absolute Gasteiger partial charge is 0.497 e. The summed E-state index contributed by atoms with van der Waals surface area (Å²) < 4.78 is 11.3. The molecule has 1 heterocycles. The van der Waals surface area contributed by atoms with E-state index in [1.165, 1.54) is 0 Å². The minimum absolute atomic E-state index is 0.143. The van der Waals surface area contributed by atoms with Gasteiger partial charge in [-0.25, -0.2) is 0 Å². The van der Waals surface area contributed by atoms with Crippen LogP contribution in [0.25, 0.3) is 0 Å². The number of aryl methyl sites for hydroxylation is 1. The first-order valence-corrected chi connectivity index (χ1v) is 6.76. The molecular formula is C17H18O3. The van der Waals surface area contributed by atoms with Crippen molar-refractivity contribution in [1.82, 2.24) is 0 Å². The second-order valence-corrected chi connectivity index (χ2v) is 5.18. The Kier molecular flexibility index (Phi) is 3.36. The Balaban J connectivity index is 1.92. The van der Waals surface area contributed by atoms with Crippen molar-refractivity contribution in [2.24, 2.45) is 0 Å². The number of rotatable bonds is 2. The van der Waals surface area contributed by atoms with E-state index in [4.69, 9.17) is 9.47 Å². The molecule has 1 aliphatic heterocycles. The molecule has 2 aromatic rings. The second-order valence-electron chi connectivity index (χ2n) is 5.18. The van der Waals surface area contributed by atoms with Gasteiger partial charge in [-0.1, -0.05) is 23.8 Å². The number of aliphatic hydroxyl groups excluding tert-OH is 1. The van der Waals surface area contributed by atoms with Crippen molar-refractivity contribution in [3.05, 3.63) is 59.2 Å². The van der Waals surface area contributed by atoms with Gasteiger partial charge in [0.25, 0.3) is 0 Å². The molecule has 3 rings (SSSR count). The Bertz CT molecular complexity index is 621. The van der Waals surface area contributed by atoms with Crippen molar-refractivity contribution >= 4 is 0 Å². The maximum atomic E-state index is 10.3. The van der Waals surface area contributed by atoms with Gasteiger partial charge in [0.2, 0.25) is 0 Å². The second kappa shape index (κ2) is 5.17. The van der Waals surface area contributed by atoms with Crippen LogP contribution in [-0.2, 0) is 0 Å². The van der Waals surface area contributed by atoms with Gasteiger partial charge in [0.15, 0.2) is 0 Å². The van der Waals surface area contributed by atoms with Crippen LogP contribution in [0.15, 0.2) is 42.5 Å². The molecule has 1 aliphatic rings. The molecule has 104 valence electrons. The van der Waals surface area contributed by atoms with Crippen molar-refractivity contribution in [2.45, 2.75) is 25.6 Å². The van der Waals surface area contributed by atoms with Gasteiger partial charge in [0, 0.05) is 12.0 Å².